The summed E-state index contributed by atoms with van der Waals surface area (Å²) >= 11 is 0. The van der Waals surface area contributed by atoms with Gasteiger partial charge in [0.15, 0.2) is 0 Å². The van der Waals surface area contributed by atoms with Crippen LogP contribution in [0.5, 0.6) is 0 Å². The molecule has 0 aliphatic heterocycles. The highest BCUT2D eigenvalue weighted by Gasteiger charge is 2.44. The van der Waals surface area contributed by atoms with Crippen molar-refractivity contribution in [3.05, 3.63) is 0 Å². The van der Waals surface area contributed by atoms with Crippen molar-refractivity contribution in [1.82, 2.24) is 5.06 Å². The van der Waals surface area contributed by atoms with Crippen LogP contribution in [0.3, 0.4) is 0 Å². The Morgan fingerprint density at radius 1 is 0.923 bits per heavy atom. The van der Waals surface area contributed by atoms with E-state index in [-0.39, 0.29) is 0 Å². The summed E-state index contributed by atoms with van der Waals surface area (Å²) in [6.07, 6.45) is 0. The standard InChI is InChI=1S/C7H19NO4Si/c1-6-8(7-2)12-13(9-3,10-4)11-5/h6-7H2,1-5H3. The smallest absolute Gasteiger partial charge is 0.354 e. The van der Waals surface area contributed by atoms with Gasteiger partial charge in [-0.1, -0.05) is 13.8 Å². The van der Waals surface area contributed by atoms with E-state index in [1.54, 1.807) is 5.06 Å². The molecular weight excluding hydrogens is 190 g/mol. The van der Waals surface area contributed by atoms with E-state index in [0.29, 0.717) is 0 Å². The fraction of sp³-hybridized carbons (Fsp3) is 1.00. The highest BCUT2D eigenvalue weighted by Crippen LogP contribution is 2.10. The predicted molar refractivity (Wildman–Crippen MR) is 50.8 cm³/mol. The minimum atomic E-state index is -2.90. The lowest BCUT2D eigenvalue weighted by atomic mass is 10.6. The second-order valence-corrected chi connectivity index (χ2v) is 4.73. The van der Waals surface area contributed by atoms with Crippen molar-refractivity contribution in [2.45, 2.75) is 13.8 Å². The minimum Gasteiger partial charge on any atom is -0.354 e. The van der Waals surface area contributed by atoms with Gasteiger partial charge in [-0.05, 0) is 0 Å². The molecule has 0 saturated carbocycles. The molecule has 0 atom stereocenters. The number of hydrogen-bond acceptors (Lipinski definition) is 5. The average Bonchev–Trinajstić information content (AvgIpc) is 2.21. The molecule has 6 heteroatoms. The van der Waals surface area contributed by atoms with Crippen LogP contribution in [-0.4, -0.2) is 48.5 Å². The first-order valence-electron chi connectivity index (χ1n) is 4.27. The van der Waals surface area contributed by atoms with Gasteiger partial charge in [-0.3, -0.25) is 4.53 Å². The van der Waals surface area contributed by atoms with Gasteiger partial charge in [0.1, 0.15) is 0 Å². The Morgan fingerprint density at radius 3 is 1.54 bits per heavy atom. The van der Waals surface area contributed by atoms with Crippen LogP contribution in [0.25, 0.3) is 0 Å². The maximum atomic E-state index is 5.49. The van der Waals surface area contributed by atoms with E-state index >= 15 is 0 Å². The van der Waals surface area contributed by atoms with Gasteiger partial charge in [-0.15, -0.1) is 0 Å². The van der Waals surface area contributed by atoms with Crippen LogP contribution in [0.1, 0.15) is 13.8 Å². The molecule has 0 radical (unpaired) electrons. The Bertz CT molecular complexity index is 119. The molecule has 0 aliphatic carbocycles. The first kappa shape index (κ1) is 13.0. The van der Waals surface area contributed by atoms with E-state index in [1.165, 1.54) is 21.3 Å². The Balaban J connectivity index is 4.21. The molecule has 0 aliphatic rings. The van der Waals surface area contributed by atoms with Crippen LogP contribution in [0.15, 0.2) is 0 Å². The summed E-state index contributed by atoms with van der Waals surface area (Å²) in [6.45, 7) is 5.51. The summed E-state index contributed by atoms with van der Waals surface area (Å²) in [4.78, 5) is 0. The zero-order valence-electron chi connectivity index (χ0n) is 8.99. The van der Waals surface area contributed by atoms with Gasteiger partial charge in [0.05, 0.1) is 0 Å². The highest BCUT2D eigenvalue weighted by atomic mass is 28.4. The molecule has 0 saturated heterocycles. The van der Waals surface area contributed by atoms with E-state index in [2.05, 4.69) is 0 Å². The molecule has 0 heterocycles. The number of rotatable bonds is 7. The number of nitrogens with zero attached hydrogens (tertiary/aromatic N) is 1. The molecule has 0 spiro atoms. The summed E-state index contributed by atoms with van der Waals surface area (Å²) in [5.41, 5.74) is 0. The van der Waals surface area contributed by atoms with E-state index in [0.717, 1.165) is 13.1 Å². The Morgan fingerprint density at radius 2 is 1.31 bits per heavy atom. The van der Waals surface area contributed by atoms with Gasteiger partial charge in [0.2, 0.25) is 0 Å². The summed E-state index contributed by atoms with van der Waals surface area (Å²) < 4.78 is 20.8. The second-order valence-electron chi connectivity index (χ2n) is 2.32. The molecule has 0 amide bonds. The molecule has 5 nitrogen and oxygen atoms in total. The first-order valence-corrected chi connectivity index (χ1v) is 5.90. The first-order chi connectivity index (χ1) is 6.17. The van der Waals surface area contributed by atoms with E-state index in [1.807, 2.05) is 13.8 Å². The average molecular weight is 209 g/mol. The van der Waals surface area contributed by atoms with Crippen molar-refractivity contribution in [3.8, 4) is 0 Å². The lowest BCUT2D eigenvalue weighted by Gasteiger charge is -2.28. The van der Waals surface area contributed by atoms with Crippen molar-refractivity contribution in [1.29, 1.82) is 0 Å². The Hall–Kier alpha value is 0.0169. The van der Waals surface area contributed by atoms with Crippen LogP contribution in [0, 0.1) is 0 Å². The van der Waals surface area contributed by atoms with E-state index in [9.17, 15) is 0 Å². The molecule has 0 aromatic rings. The van der Waals surface area contributed by atoms with Crippen LogP contribution < -0.4 is 0 Å². The van der Waals surface area contributed by atoms with Crippen molar-refractivity contribution in [2.24, 2.45) is 0 Å². The summed E-state index contributed by atoms with van der Waals surface area (Å²) in [5.74, 6) is 0. The molecule has 13 heavy (non-hydrogen) atoms. The van der Waals surface area contributed by atoms with Crippen molar-refractivity contribution in [2.75, 3.05) is 34.4 Å². The lowest BCUT2D eigenvalue weighted by Crippen LogP contribution is -2.51. The van der Waals surface area contributed by atoms with Gasteiger partial charge in [0.25, 0.3) is 0 Å². The van der Waals surface area contributed by atoms with Crippen LogP contribution in [0.4, 0.5) is 0 Å². The third kappa shape index (κ3) is 3.71. The molecule has 0 fully saturated rings. The lowest BCUT2D eigenvalue weighted by molar-refractivity contribution is -0.147. The largest absolute Gasteiger partial charge is 0.696 e. The van der Waals surface area contributed by atoms with Crippen LogP contribution in [-0.2, 0) is 17.8 Å². The van der Waals surface area contributed by atoms with E-state index < -0.39 is 9.05 Å². The van der Waals surface area contributed by atoms with Gasteiger partial charge >= 0.3 is 9.05 Å². The SMILES string of the molecule is CCN(CC)O[Si](OC)(OC)OC. The maximum Gasteiger partial charge on any atom is 0.696 e. The molecule has 0 bridgehead atoms. The topological polar surface area (TPSA) is 40.2 Å². The molecular formula is C7H19NO4Si. The minimum absolute atomic E-state index is 0.765. The Kier molecular flexibility index (Phi) is 6.48. The normalized spacial score (nSPS) is 12.5. The van der Waals surface area contributed by atoms with Gasteiger partial charge in [-0.25, -0.2) is 0 Å². The molecule has 0 unspecified atom stereocenters. The Labute approximate surface area is 81.0 Å². The predicted octanol–water partition coefficient (Wildman–Crippen LogP) is 0.635. The number of hydrogen-bond donors (Lipinski definition) is 0. The van der Waals surface area contributed by atoms with Crippen molar-refractivity contribution >= 4 is 9.05 Å². The fourth-order valence-corrected chi connectivity index (χ4v) is 2.17. The van der Waals surface area contributed by atoms with Gasteiger partial charge < -0.3 is 13.3 Å². The van der Waals surface area contributed by atoms with Crippen molar-refractivity contribution < 1.29 is 17.8 Å². The summed E-state index contributed by atoms with van der Waals surface area (Å²) in [6, 6.07) is 0. The monoisotopic (exact) mass is 209 g/mol. The zero-order valence-corrected chi connectivity index (χ0v) is 9.99. The molecule has 80 valence electrons. The van der Waals surface area contributed by atoms with Gasteiger partial charge in [0, 0.05) is 34.4 Å². The van der Waals surface area contributed by atoms with Gasteiger partial charge in [-0.2, -0.15) is 5.06 Å². The third-order valence-corrected chi connectivity index (χ3v) is 3.68. The van der Waals surface area contributed by atoms with Crippen LogP contribution >= 0.6 is 0 Å². The quantitative estimate of drug-likeness (QED) is 0.454. The van der Waals surface area contributed by atoms with E-state index in [4.69, 9.17) is 17.8 Å². The van der Waals surface area contributed by atoms with Crippen molar-refractivity contribution in [3.63, 3.8) is 0 Å². The summed E-state index contributed by atoms with van der Waals surface area (Å²) in [5, 5.41) is 1.74. The molecule has 0 aromatic heterocycles. The maximum absolute atomic E-state index is 5.49. The highest BCUT2D eigenvalue weighted by molar-refractivity contribution is 6.53. The molecule has 0 aromatic carbocycles. The third-order valence-electron chi connectivity index (χ3n) is 1.70. The summed E-state index contributed by atoms with van der Waals surface area (Å²) in [7, 11) is 1.65. The zero-order chi connectivity index (χ0) is 10.3. The van der Waals surface area contributed by atoms with Crippen LogP contribution in [0.2, 0.25) is 0 Å². The molecule has 0 N–H and O–H groups in total. The second kappa shape index (κ2) is 6.47. The number of hydroxylamine groups is 2. The molecule has 0 rings (SSSR count). The fourth-order valence-electron chi connectivity index (χ4n) is 0.873.